The zero-order valence-electron chi connectivity index (χ0n) is 11.1. The van der Waals surface area contributed by atoms with Gasteiger partial charge in [-0.05, 0) is 36.6 Å². The van der Waals surface area contributed by atoms with Gasteiger partial charge in [0, 0.05) is 11.8 Å². The molecule has 1 aliphatic rings. The van der Waals surface area contributed by atoms with Crippen molar-refractivity contribution in [2.45, 2.75) is 19.3 Å². The van der Waals surface area contributed by atoms with Crippen LogP contribution in [0.25, 0.3) is 6.08 Å². The van der Waals surface area contributed by atoms with E-state index in [4.69, 9.17) is 5.11 Å². The maximum Gasteiger partial charge on any atom is 0.328 e. The number of carboxylic acids is 1. The minimum absolute atomic E-state index is 0.0434. The number of nitrogens with one attached hydrogen (secondary N) is 1. The molecule has 0 saturated heterocycles. The maximum absolute atomic E-state index is 12.2. The van der Waals surface area contributed by atoms with Crippen LogP contribution in [-0.4, -0.2) is 17.0 Å². The summed E-state index contributed by atoms with van der Waals surface area (Å²) in [5, 5.41) is 11.5. The minimum Gasteiger partial charge on any atom is -0.478 e. The first kappa shape index (κ1) is 14.1. The molecule has 0 radical (unpaired) electrons. The van der Waals surface area contributed by atoms with Gasteiger partial charge < -0.3 is 10.4 Å². The Morgan fingerprint density at radius 1 is 1.35 bits per heavy atom. The fraction of sp³-hybridized carbons (Fsp3) is 0.250. The molecule has 0 aromatic heterocycles. The van der Waals surface area contributed by atoms with Crippen molar-refractivity contribution in [3.05, 3.63) is 48.6 Å². The number of rotatable bonds is 5. The quantitative estimate of drug-likeness (QED) is 0.639. The van der Waals surface area contributed by atoms with E-state index in [-0.39, 0.29) is 5.91 Å². The lowest BCUT2D eigenvalue weighted by Gasteiger charge is -2.37. The standard InChI is InChI=1S/C16H17NO3/c1-2-16(9-4-10-16)15(20)17-13-6-3-5-12(11-13)7-8-14(18)19/h2-3,5-8,11H,1,4,9-10H2,(H,17,20)(H,18,19)/b8-7+. The molecule has 0 heterocycles. The second kappa shape index (κ2) is 5.74. The molecule has 0 atom stereocenters. The number of carbonyl (C=O) groups is 2. The average Bonchev–Trinajstić information content (AvgIpc) is 2.36. The number of hydrogen-bond acceptors (Lipinski definition) is 2. The van der Waals surface area contributed by atoms with E-state index in [0.29, 0.717) is 5.69 Å². The van der Waals surface area contributed by atoms with Crippen LogP contribution in [0.15, 0.2) is 43.0 Å². The summed E-state index contributed by atoms with van der Waals surface area (Å²) in [6.07, 6.45) is 6.99. The molecule has 0 aliphatic heterocycles. The number of carboxylic acid groups (broad SMARTS) is 1. The molecule has 1 fully saturated rings. The molecule has 0 bridgehead atoms. The molecule has 4 heteroatoms. The molecule has 1 aliphatic carbocycles. The highest BCUT2D eigenvalue weighted by Gasteiger charge is 2.41. The number of amides is 1. The Labute approximate surface area is 117 Å². The van der Waals surface area contributed by atoms with E-state index in [1.807, 2.05) is 0 Å². The van der Waals surface area contributed by atoms with Crippen LogP contribution in [0.3, 0.4) is 0 Å². The highest BCUT2D eigenvalue weighted by Crippen LogP contribution is 2.42. The maximum atomic E-state index is 12.2. The molecule has 20 heavy (non-hydrogen) atoms. The van der Waals surface area contributed by atoms with Crippen molar-refractivity contribution < 1.29 is 14.7 Å². The number of anilines is 1. The molecule has 1 aromatic rings. The predicted molar refractivity (Wildman–Crippen MR) is 78.2 cm³/mol. The smallest absolute Gasteiger partial charge is 0.328 e. The van der Waals surface area contributed by atoms with Gasteiger partial charge in [-0.1, -0.05) is 24.6 Å². The van der Waals surface area contributed by atoms with E-state index in [0.717, 1.165) is 30.9 Å². The topological polar surface area (TPSA) is 66.4 Å². The highest BCUT2D eigenvalue weighted by molar-refractivity contribution is 5.97. The Hall–Kier alpha value is -2.36. The van der Waals surface area contributed by atoms with Crippen molar-refractivity contribution in [1.82, 2.24) is 0 Å². The van der Waals surface area contributed by atoms with Crippen molar-refractivity contribution in [1.29, 1.82) is 0 Å². The normalized spacial score (nSPS) is 16.4. The van der Waals surface area contributed by atoms with E-state index in [1.54, 1.807) is 30.3 Å². The van der Waals surface area contributed by atoms with Crippen LogP contribution in [-0.2, 0) is 9.59 Å². The van der Waals surface area contributed by atoms with Gasteiger partial charge in [0.25, 0.3) is 0 Å². The van der Waals surface area contributed by atoms with Crippen molar-refractivity contribution in [3.63, 3.8) is 0 Å². The summed E-state index contributed by atoms with van der Waals surface area (Å²) >= 11 is 0. The molecule has 1 amide bonds. The molecule has 1 aromatic carbocycles. The van der Waals surface area contributed by atoms with Crippen molar-refractivity contribution >= 4 is 23.6 Å². The van der Waals surface area contributed by atoms with Gasteiger partial charge in [0.15, 0.2) is 0 Å². The number of aliphatic carboxylic acids is 1. The average molecular weight is 271 g/mol. The van der Waals surface area contributed by atoms with Crippen LogP contribution in [0.2, 0.25) is 0 Å². The minimum atomic E-state index is -1.00. The Morgan fingerprint density at radius 3 is 2.65 bits per heavy atom. The van der Waals surface area contributed by atoms with Crippen LogP contribution < -0.4 is 5.32 Å². The number of hydrogen-bond donors (Lipinski definition) is 2. The Kier molecular flexibility index (Phi) is 4.03. The van der Waals surface area contributed by atoms with Gasteiger partial charge in [-0.3, -0.25) is 4.79 Å². The van der Waals surface area contributed by atoms with Crippen LogP contribution >= 0.6 is 0 Å². The zero-order chi connectivity index (χ0) is 14.6. The molecule has 104 valence electrons. The third-order valence-electron chi connectivity index (χ3n) is 3.65. The summed E-state index contributed by atoms with van der Waals surface area (Å²) in [6, 6.07) is 7.08. The number of benzene rings is 1. The number of carbonyl (C=O) groups excluding carboxylic acids is 1. The second-order valence-electron chi connectivity index (χ2n) is 4.96. The van der Waals surface area contributed by atoms with Crippen molar-refractivity contribution in [2.75, 3.05) is 5.32 Å². The van der Waals surface area contributed by atoms with Gasteiger partial charge in [-0.15, -0.1) is 6.58 Å². The van der Waals surface area contributed by atoms with E-state index in [2.05, 4.69) is 11.9 Å². The first-order valence-electron chi connectivity index (χ1n) is 6.52. The van der Waals surface area contributed by atoms with Gasteiger partial charge in [-0.25, -0.2) is 4.79 Å². The fourth-order valence-electron chi connectivity index (χ4n) is 2.22. The van der Waals surface area contributed by atoms with E-state index >= 15 is 0 Å². The van der Waals surface area contributed by atoms with Gasteiger partial charge in [-0.2, -0.15) is 0 Å². The molecular formula is C16H17NO3. The van der Waals surface area contributed by atoms with Gasteiger partial charge in [0.1, 0.15) is 0 Å². The molecule has 0 unspecified atom stereocenters. The lowest BCUT2D eigenvalue weighted by atomic mass is 9.68. The largest absolute Gasteiger partial charge is 0.478 e. The Bertz CT molecular complexity index is 571. The summed E-state index contributed by atoms with van der Waals surface area (Å²) in [5.74, 6) is -1.04. The van der Waals surface area contributed by atoms with Crippen LogP contribution in [0.1, 0.15) is 24.8 Å². The summed E-state index contributed by atoms with van der Waals surface area (Å²) in [6.45, 7) is 3.75. The van der Waals surface area contributed by atoms with E-state index < -0.39 is 11.4 Å². The highest BCUT2D eigenvalue weighted by atomic mass is 16.4. The lowest BCUT2D eigenvalue weighted by molar-refractivity contribution is -0.131. The molecule has 2 rings (SSSR count). The monoisotopic (exact) mass is 271 g/mol. The van der Waals surface area contributed by atoms with Crippen molar-refractivity contribution in [2.24, 2.45) is 5.41 Å². The SMILES string of the molecule is C=CC1(C(=O)Nc2cccc(/C=C/C(=O)O)c2)CCC1. The van der Waals surface area contributed by atoms with Crippen molar-refractivity contribution in [3.8, 4) is 0 Å². The summed E-state index contributed by atoms with van der Waals surface area (Å²) in [5.41, 5.74) is 0.953. The molecule has 1 saturated carbocycles. The molecule has 2 N–H and O–H groups in total. The third-order valence-corrected chi connectivity index (χ3v) is 3.65. The Balaban J connectivity index is 2.10. The van der Waals surface area contributed by atoms with Gasteiger partial charge in [0.05, 0.1) is 5.41 Å². The Morgan fingerprint density at radius 2 is 2.10 bits per heavy atom. The summed E-state index contributed by atoms with van der Waals surface area (Å²) in [7, 11) is 0. The molecular weight excluding hydrogens is 254 g/mol. The first-order chi connectivity index (χ1) is 9.55. The van der Waals surface area contributed by atoms with E-state index in [1.165, 1.54) is 6.08 Å². The van der Waals surface area contributed by atoms with Crippen LogP contribution in [0.4, 0.5) is 5.69 Å². The fourth-order valence-corrected chi connectivity index (χ4v) is 2.22. The first-order valence-corrected chi connectivity index (χ1v) is 6.52. The van der Waals surface area contributed by atoms with Crippen LogP contribution in [0.5, 0.6) is 0 Å². The zero-order valence-corrected chi connectivity index (χ0v) is 11.1. The van der Waals surface area contributed by atoms with Crippen LogP contribution in [0, 0.1) is 5.41 Å². The summed E-state index contributed by atoms with van der Waals surface area (Å²) < 4.78 is 0. The molecule has 0 spiro atoms. The van der Waals surface area contributed by atoms with Gasteiger partial charge in [0.2, 0.25) is 5.91 Å². The lowest BCUT2D eigenvalue weighted by Crippen LogP contribution is -2.40. The van der Waals surface area contributed by atoms with E-state index in [9.17, 15) is 9.59 Å². The van der Waals surface area contributed by atoms with Gasteiger partial charge >= 0.3 is 5.97 Å². The third kappa shape index (κ3) is 2.96. The summed E-state index contributed by atoms with van der Waals surface area (Å²) in [4.78, 5) is 22.7. The molecule has 4 nitrogen and oxygen atoms in total. The second-order valence-corrected chi connectivity index (χ2v) is 4.96. The predicted octanol–water partition coefficient (Wildman–Crippen LogP) is 3.08.